The van der Waals surface area contributed by atoms with Gasteiger partial charge in [0.25, 0.3) is 0 Å². The van der Waals surface area contributed by atoms with E-state index in [2.05, 4.69) is 5.32 Å². The Morgan fingerprint density at radius 2 is 1.66 bits per heavy atom. The second-order valence-corrected chi connectivity index (χ2v) is 10.1. The first-order valence-electron chi connectivity index (χ1n) is 10.6. The second kappa shape index (κ2) is 7.74. The fourth-order valence-electron chi connectivity index (χ4n) is 6.03. The number of hydrogen-bond donors (Lipinski definition) is 1. The van der Waals surface area contributed by atoms with Crippen molar-refractivity contribution in [2.45, 2.75) is 58.8 Å². The molecule has 0 spiro atoms. The van der Waals surface area contributed by atoms with Crippen LogP contribution < -0.4 is 5.32 Å². The summed E-state index contributed by atoms with van der Waals surface area (Å²) in [6.07, 6.45) is 7.29. The third-order valence-electron chi connectivity index (χ3n) is 6.91. The summed E-state index contributed by atoms with van der Waals surface area (Å²) in [4.78, 5) is 38.6. The quantitative estimate of drug-likeness (QED) is 0.683. The van der Waals surface area contributed by atoms with Crippen LogP contribution in [-0.2, 0) is 14.3 Å². The zero-order valence-electron chi connectivity index (χ0n) is 17.3. The summed E-state index contributed by atoms with van der Waals surface area (Å²) >= 11 is 1.11. The van der Waals surface area contributed by atoms with Crippen LogP contribution in [0.15, 0.2) is 0 Å². The maximum Gasteiger partial charge on any atom is 0.348 e. The molecule has 0 aromatic carbocycles. The minimum absolute atomic E-state index is 0.00110. The lowest BCUT2D eigenvalue weighted by Gasteiger charge is -2.55. The monoisotopic (exact) mass is 419 g/mol. The number of amides is 1. The number of ether oxygens (including phenoxy) is 2. The highest BCUT2D eigenvalue weighted by Crippen LogP contribution is 2.60. The van der Waals surface area contributed by atoms with Gasteiger partial charge in [-0.15, -0.1) is 11.3 Å². The van der Waals surface area contributed by atoms with E-state index in [9.17, 15) is 14.4 Å². The Hall–Kier alpha value is -1.89. The molecule has 0 saturated heterocycles. The van der Waals surface area contributed by atoms with Crippen molar-refractivity contribution in [2.24, 2.45) is 23.2 Å². The van der Waals surface area contributed by atoms with Crippen molar-refractivity contribution >= 4 is 34.2 Å². The first kappa shape index (κ1) is 20.4. The van der Waals surface area contributed by atoms with Gasteiger partial charge in [-0.1, -0.05) is 6.92 Å². The number of esters is 2. The van der Waals surface area contributed by atoms with Crippen LogP contribution in [0.4, 0.5) is 5.00 Å². The Balaban J connectivity index is 1.63. The van der Waals surface area contributed by atoms with E-state index in [1.54, 1.807) is 6.92 Å². The molecule has 4 aliphatic carbocycles. The van der Waals surface area contributed by atoms with Gasteiger partial charge in [0.2, 0.25) is 5.91 Å². The highest BCUT2D eigenvalue weighted by atomic mass is 32.1. The molecule has 158 valence electrons. The van der Waals surface area contributed by atoms with E-state index in [1.165, 1.54) is 26.4 Å². The zero-order valence-corrected chi connectivity index (χ0v) is 18.2. The molecule has 29 heavy (non-hydrogen) atoms. The molecule has 5 rings (SSSR count). The van der Waals surface area contributed by atoms with Gasteiger partial charge in [0.15, 0.2) is 0 Å². The van der Waals surface area contributed by atoms with Gasteiger partial charge in [-0.2, -0.15) is 0 Å². The van der Waals surface area contributed by atoms with Crippen LogP contribution in [0, 0.1) is 30.1 Å². The first-order chi connectivity index (χ1) is 13.9. The molecule has 4 aliphatic rings. The van der Waals surface area contributed by atoms with E-state index in [0.29, 0.717) is 46.2 Å². The van der Waals surface area contributed by atoms with Crippen LogP contribution in [-0.4, -0.2) is 31.6 Å². The fourth-order valence-corrected chi connectivity index (χ4v) is 7.13. The van der Waals surface area contributed by atoms with Crippen molar-refractivity contribution in [1.82, 2.24) is 0 Å². The molecule has 6 nitrogen and oxygen atoms in total. The molecule has 0 unspecified atom stereocenters. The Morgan fingerprint density at radius 3 is 2.17 bits per heavy atom. The lowest BCUT2D eigenvalue weighted by Crippen LogP contribution is -2.51. The molecule has 0 aliphatic heterocycles. The van der Waals surface area contributed by atoms with Crippen LogP contribution in [0.1, 0.15) is 77.5 Å². The molecular weight excluding hydrogens is 390 g/mol. The number of carbonyl (C=O) groups excluding carboxylic acids is 3. The third kappa shape index (κ3) is 3.58. The number of hydrogen-bond acceptors (Lipinski definition) is 6. The molecular formula is C22H29NO5S. The van der Waals surface area contributed by atoms with Crippen molar-refractivity contribution in [2.75, 3.05) is 19.0 Å². The molecule has 4 saturated carbocycles. The predicted molar refractivity (Wildman–Crippen MR) is 110 cm³/mol. The van der Waals surface area contributed by atoms with E-state index in [1.807, 2.05) is 6.92 Å². The van der Waals surface area contributed by atoms with E-state index in [4.69, 9.17) is 9.47 Å². The normalized spacial score (nSPS) is 29.6. The molecule has 7 heteroatoms. The van der Waals surface area contributed by atoms with Gasteiger partial charge in [0, 0.05) is 0 Å². The minimum Gasteiger partial charge on any atom is -0.465 e. The van der Waals surface area contributed by atoms with Gasteiger partial charge in [-0.25, -0.2) is 9.59 Å². The summed E-state index contributed by atoms with van der Waals surface area (Å²) in [5.74, 6) is 0.938. The van der Waals surface area contributed by atoms with E-state index < -0.39 is 11.9 Å². The van der Waals surface area contributed by atoms with Crippen molar-refractivity contribution in [3.8, 4) is 0 Å². The minimum atomic E-state index is -0.507. The van der Waals surface area contributed by atoms with Gasteiger partial charge in [0.05, 0.1) is 24.7 Å². The third-order valence-corrected chi connectivity index (χ3v) is 8.09. The Kier molecular flexibility index (Phi) is 5.44. The summed E-state index contributed by atoms with van der Waals surface area (Å²) in [6.45, 7) is 3.92. The maximum atomic E-state index is 13.4. The van der Waals surface area contributed by atoms with Crippen molar-refractivity contribution in [3.05, 3.63) is 16.0 Å². The molecule has 1 heterocycles. The van der Waals surface area contributed by atoms with Gasteiger partial charge in [0.1, 0.15) is 9.88 Å². The van der Waals surface area contributed by atoms with Gasteiger partial charge in [-0.05, 0) is 75.2 Å². The number of rotatable bonds is 6. The van der Waals surface area contributed by atoms with Crippen molar-refractivity contribution < 1.29 is 23.9 Å². The van der Waals surface area contributed by atoms with Gasteiger partial charge in [-0.3, -0.25) is 4.79 Å². The Morgan fingerprint density at radius 1 is 1.07 bits per heavy atom. The summed E-state index contributed by atoms with van der Waals surface area (Å²) in [7, 11) is 1.31. The largest absolute Gasteiger partial charge is 0.465 e. The van der Waals surface area contributed by atoms with Crippen LogP contribution >= 0.6 is 11.3 Å². The number of methoxy groups -OCH3 is 1. The van der Waals surface area contributed by atoms with Crippen molar-refractivity contribution in [3.63, 3.8) is 0 Å². The topological polar surface area (TPSA) is 81.7 Å². The van der Waals surface area contributed by atoms with Gasteiger partial charge < -0.3 is 14.8 Å². The zero-order chi connectivity index (χ0) is 20.8. The molecule has 0 atom stereocenters. The Bertz CT molecular complexity index is 807. The van der Waals surface area contributed by atoms with Crippen LogP contribution in [0.25, 0.3) is 0 Å². The first-order valence-corrected chi connectivity index (χ1v) is 11.4. The maximum absolute atomic E-state index is 13.4. The molecule has 1 aromatic heterocycles. The molecule has 4 bridgehead atoms. The second-order valence-electron chi connectivity index (χ2n) is 9.04. The van der Waals surface area contributed by atoms with E-state index in [0.717, 1.165) is 30.6 Å². The molecule has 4 fully saturated rings. The molecule has 1 N–H and O–H groups in total. The average Bonchev–Trinajstić information content (AvgIpc) is 3.00. The lowest BCUT2D eigenvalue weighted by molar-refractivity contribution is -0.140. The van der Waals surface area contributed by atoms with Crippen LogP contribution in [0.2, 0.25) is 0 Å². The van der Waals surface area contributed by atoms with E-state index >= 15 is 0 Å². The summed E-state index contributed by atoms with van der Waals surface area (Å²) in [5, 5.41) is 3.44. The molecule has 1 aromatic rings. The average molecular weight is 420 g/mol. The SMILES string of the molecule is CCCOC(=O)c1c(NC(=O)C23CC4CC(CC(C4)C2)C3)sc(C(=O)OC)c1C. The van der Waals surface area contributed by atoms with E-state index in [-0.39, 0.29) is 16.9 Å². The molecule has 1 amide bonds. The Labute approximate surface area is 175 Å². The summed E-state index contributed by atoms with van der Waals surface area (Å²) < 4.78 is 10.2. The molecule has 0 radical (unpaired) electrons. The number of carbonyl (C=O) groups is 3. The lowest BCUT2D eigenvalue weighted by atomic mass is 9.49. The number of anilines is 1. The van der Waals surface area contributed by atoms with Crippen LogP contribution in [0.5, 0.6) is 0 Å². The number of nitrogens with one attached hydrogen (secondary N) is 1. The predicted octanol–water partition coefficient (Wildman–Crippen LogP) is 4.56. The summed E-state index contributed by atoms with van der Waals surface area (Å²) in [6, 6.07) is 0. The fraction of sp³-hybridized carbons (Fsp3) is 0.682. The van der Waals surface area contributed by atoms with Gasteiger partial charge >= 0.3 is 11.9 Å². The summed E-state index contributed by atoms with van der Waals surface area (Å²) in [5.41, 5.74) is 0.452. The smallest absolute Gasteiger partial charge is 0.348 e. The highest BCUT2D eigenvalue weighted by molar-refractivity contribution is 7.18. The van der Waals surface area contributed by atoms with Crippen molar-refractivity contribution in [1.29, 1.82) is 0 Å². The van der Waals surface area contributed by atoms with Crippen LogP contribution in [0.3, 0.4) is 0 Å². The number of thiophene rings is 1. The standard InChI is InChI=1S/C22H29NO5S/c1-4-5-28-19(24)16-12(2)17(20(25)27-3)29-18(16)23-21(26)22-9-13-6-14(10-22)8-15(7-13)11-22/h13-15H,4-11H2,1-3H3,(H,23,26). The highest BCUT2D eigenvalue weighted by Gasteiger charge is 2.54.